The van der Waals surface area contributed by atoms with E-state index in [0.29, 0.717) is 5.56 Å². The number of hydrogen-bond donors (Lipinski definition) is 2. The average Bonchev–Trinajstić information content (AvgIpc) is 2.74. The molecule has 3 rings (SSSR count). The Labute approximate surface area is 179 Å². The third kappa shape index (κ3) is 6.39. The molecule has 3 aromatic carbocycles. The Bertz CT molecular complexity index is 1150. The zero-order valence-corrected chi connectivity index (χ0v) is 16.2. The lowest BCUT2D eigenvalue weighted by Gasteiger charge is -2.12. The van der Waals surface area contributed by atoms with Gasteiger partial charge in [0.05, 0.1) is 17.5 Å². The fraction of sp³-hybridized carbons (Fsp3) is 0.0455. The van der Waals surface area contributed by atoms with Crippen molar-refractivity contribution in [3.63, 3.8) is 0 Å². The molecule has 10 heteroatoms. The van der Waals surface area contributed by atoms with E-state index >= 15 is 0 Å². The van der Waals surface area contributed by atoms with Crippen molar-refractivity contribution in [1.82, 2.24) is 5.43 Å². The molecule has 2 amide bonds. The van der Waals surface area contributed by atoms with Gasteiger partial charge in [-0.1, -0.05) is 30.3 Å². The van der Waals surface area contributed by atoms with E-state index < -0.39 is 29.7 Å². The summed E-state index contributed by atoms with van der Waals surface area (Å²) >= 11 is 0. The molecular weight excluding hydrogens is 430 g/mol. The zero-order valence-electron chi connectivity index (χ0n) is 16.2. The monoisotopic (exact) mass is 445 g/mol. The van der Waals surface area contributed by atoms with Gasteiger partial charge in [-0.05, 0) is 48.0 Å². The molecule has 32 heavy (non-hydrogen) atoms. The van der Waals surface area contributed by atoms with Crippen LogP contribution in [-0.4, -0.2) is 24.4 Å². The summed E-state index contributed by atoms with van der Waals surface area (Å²) in [4.78, 5) is 25.0. The van der Waals surface area contributed by atoms with Gasteiger partial charge in [0.1, 0.15) is 11.6 Å². The highest BCUT2D eigenvalue weighted by atomic mass is 19.4. The number of hydrogen-bond acceptors (Lipinski definition) is 4. The first-order valence-corrected chi connectivity index (χ1v) is 9.06. The maximum atomic E-state index is 12.9. The van der Waals surface area contributed by atoms with Gasteiger partial charge in [-0.25, -0.2) is 9.82 Å². The van der Waals surface area contributed by atoms with Gasteiger partial charge < -0.3 is 10.1 Å². The Balaban J connectivity index is 1.71. The van der Waals surface area contributed by atoms with E-state index in [1.165, 1.54) is 54.7 Å². The summed E-state index contributed by atoms with van der Waals surface area (Å²) < 4.78 is 53.9. The van der Waals surface area contributed by atoms with Gasteiger partial charge in [0.15, 0.2) is 0 Å². The van der Waals surface area contributed by atoms with Crippen LogP contribution in [0.2, 0.25) is 0 Å². The second-order valence-corrected chi connectivity index (χ2v) is 6.33. The number of carbonyl (C=O) groups is 2. The molecule has 0 radical (unpaired) electrons. The standard InChI is InChI=1S/C22H15F4N3O3/c23-16-10-8-14(9-11-16)13-27-29-21(31)18-6-1-2-7-19(18)28-20(30)15-4-3-5-17(12-15)32-22(24,25)26/h1-13H,(H,28,30)(H,29,31). The smallest absolute Gasteiger partial charge is 0.406 e. The van der Waals surface area contributed by atoms with Crippen molar-refractivity contribution in [2.45, 2.75) is 6.36 Å². The Morgan fingerprint density at radius 3 is 2.34 bits per heavy atom. The lowest BCUT2D eigenvalue weighted by molar-refractivity contribution is -0.274. The number of amides is 2. The number of nitrogens with zero attached hydrogens (tertiary/aromatic N) is 1. The molecule has 0 bridgehead atoms. The number of para-hydroxylation sites is 1. The van der Waals surface area contributed by atoms with Crippen LogP contribution in [0.5, 0.6) is 5.75 Å². The molecule has 0 heterocycles. The first-order valence-electron chi connectivity index (χ1n) is 9.06. The van der Waals surface area contributed by atoms with Crippen molar-refractivity contribution < 1.29 is 31.9 Å². The van der Waals surface area contributed by atoms with E-state index in [2.05, 4.69) is 20.6 Å². The Kier molecular flexibility index (Phi) is 6.83. The zero-order chi connectivity index (χ0) is 23.1. The normalized spacial score (nSPS) is 11.2. The van der Waals surface area contributed by atoms with Crippen LogP contribution in [0.3, 0.4) is 0 Å². The number of alkyl halides is 3. The summed E-state index contributed by atoms with van der Waals surface area (Å²) in [5.74, 6) is -2.35. The molecular formula is C22H15F4N3O3. The second kappa shape index (κ2) is 9.73. The van der Waals surface area contributed by atoms with Crippen LogP contribution in [-0.2, 0) is 0 Å². The number of rotatable bonds is 6. The highest BCUT2D eigenvalue weighted by Crippen LogP contribution is 2.24. The van der Waals surface area contributed by atoms with Crippen molar-refractivity contribution >= 4 is 23.7 Å². The molecule has 0 saturated heterocycles. The number of hydrazone groups is 1. The maximum Gasteiger partial charge on any atom is 0.573 e. The SMILES string of the molecule is O=C(Nc1ccccc1C(=O)NN=Cc1ccc(F)cc1)c1cccc(OC(F)(F)F)c1. The number of benzene rings is 3. The molecule has 0 aromatic heterocycles. The molecule has 6 nitrogen and oxygen atoms in total. The number of carbonyl (C=O) groups excluding carboxylic acids is 2. The predicted octanol–water partition coefficient (Wildman–Crippen LogP) is 4.74. The third-order valence-corrected chi connectivity index (χ3v) is 4.00. The van der Waals surface area contributed by atoms with Crippen molar-refractivity contribution in [1.29, 1.82) is 0 Å². The minimum atomic E-state index is -4.89. The summed E-state index contributed by atoms with van der Waals surface area (Å²) in [7, 11) is 0. The van der Waals surface area contributed by atoms with E-state index in [4.69, 9.17) is 0 Å². The molecule has 0 atom stereocenters. The van der Waals surface area contributed by atoms with E-state index in [1.807, 2.05) is 0 Å². The first kappa shape index (κ1) is 22.5. The lowest BCUT2D eigenvalue weighted by Crippen LogP contribution is -2.21. The Hall–Kier alpha value is -4.21. The molecule has 2 N–H and O–H groups in total. The quantitative estimate of drug-likeness (QED) is 0.327. The fourth-order valence-corrected chi connectivity index (χ4v) is 2.59. The Morgan fingerprint density at radius 1 is 0.906 bits per heavy atom. The van der Waals surface area contributed by atoms with Gasteiger partial charge in [0.25, 0.3) is 11.8 Å². The summed E-state index contributed by atoms with van der Waals surface area (Å²) in [5, 5.41) is 6.27. The molecule has 0 aliphatic carbocycles. The van der Waals surface area contributed by atoms with Crippen molar-refractivity contribution in [3.8, 4) is 5.75 Å². The van der Waals surface area contributed by atoms with Gasteiger partial charge in [-0.2, -0.15) is 5.10 Å². The summed E-state index contributed by atoms with van der Waals surface area (Å²) in [6, 6.07) is 15.9. The van der Waals surface area contributed by atoms with E-state index in [0.717, 1.165) is 12.1 Å². The number of halogens is 4. The summed E-state index contributed by atoms with van der Waals surface area (Å²) in [5.41, 5.74) is 2.93. The molecule has 0 aliphatic heterocycles. The molecule has 0 unspecified atom stereocenters. The summed E-state index contributed by atoms with van der Waals surface area (Å²) in [6.45, 7) is 0. The molecule has 164 valence electrons. The largest absolute Gasteiger partial charge is 0.573 e. The second-order valence-electron chi connectivity index (χ2n) is 6.33. The van der Waals surface area contributed by atoms with Gasteiger partial charge in [-0.15, -0.1) is 13.2 Å². The van der Waals surface area contributed by atoms with Crippen LogP contribution in [0, 0.1) is 5.82 Å². The van der Waals surface area contributed by atoms with Crippen LogP contribution < -0.4 is 15.5 Å². The number of nitrogens with one attached hydrogen (secondary N) is 2. The van der Waals surface area contributed by atoms with Crippen LogP contribution in [0.1, 0.15) is 26.3 Å². The minimum absolute atomic E-state index is 0.0693. The van der Waals surface area contributed by atoms with Crippen LogP contribution in [0.15, 0.2) is 77.9 Å². The van der Waals surface area contributed by atoms with E-state index in [1.54, 1.807) is 12.1 Å². The number of ether oxygens (including phenoxy) is 1. The third-order valence-electron chi connectivity index (χ3n) is 4.00. The van der Waals surface area contributed by atoms with Crippen molar-refractivity contribution in [2.24, 2.45) is 5.10 Å². The molecule has 0 spiro atoms. The molecule has 0 aliphatic rings. The molecule has 3 aromatic rings. The topological polar surface area (TPSA) is 79.8 Å². The Morgan fingerprint density at radius 2 is 1.62 bits per heavy atom. The fourth-order valence-electron chi connectivity index (χ4n) is 2.59. The molecule has 0 fully saturated rings. The van der Waals surface area contributed by atoms with Crippen LogP contribution >= 0.6 is 0 Å². The lowest BCUT2D eigenvalue weighted by atomic mass is 10.1. The maximum absolute atomic E-state index is 12.9. The molecule has 0 saturated carbocycles. The van der Waals surface area contributed by atoms with Gasteiger partial charge >= 0.3 is 6.36 Å². The highest BCUT2D eigenvalue weighted by Gasteiger charge is 2.31. The van der Waals surface area contributed by atoms with E-state index in [9.17, 15) is 27.2 Å². The highest BCUT2D eigenvalue weighted by molar-refractivity contribution is 6.09. The van der Waals surface area contributed by atoms with Gasteiger partial charge in [0, 0.05) is 5.56 Å². The van der Waals surface area contributed by atoms with E-state index in [-0.39, 0.29) is 16.8 Å². The van der Waals surface area contributed by atoms with Crippen LogP contribution in [0.4, 0.5) is 23.2 Å². The van der Waals surface area contributed by atoms with Crippen LogP contribution in [0.25, 0.3) is 0 Å². The van der Waals surface area contributed by atoms with Gasteiger partial charge in [0.2, 0.25) is 0 Å². The first-order chi connectivity index (χ1) is 15.2. The number of anilines is 1. The van der Waals surface area contributed by atoms with Gasteiger partial charge in [-0.3, -0.25) is 9.59 Å². The minimum Gasteiger partial charge on any atom is -0.406 e. The average molecular weight is 445 g/mol. The summed E-state index contributed by atoms with van der Waals surface area (Å²) in [6.07, 6.45) is -3.58. The van der Waals surface area contributed by atoms with Crippen molar-refractivity contribution in [3.05, 3.63) is 95.3 Å². The predicted molar refractivity (Wildman–Crippen MR) is 109 cm³/mol. The van der Waals surface area contributed by atoms with Crippen molar-refractivity contribution in [2.75, 3.05) is 5.32 Å².